The SMILES string of the molecule is O=C1CN(C(=O)C2CCOC2)CCN1CCc1ccccc1. The third kappa shape index (κ3) is 3.47. The molecule has 3 rings (SSSR count). The highest BCUT2D eigenvalue weighted by Gasteiger charge is 2.32. The maximum absolute atomic E-state index is 12.3. The van der Waals surface area contributed by atoms with Crippen LogP contribution in [0.1, 0.15) is 12.0 Å². The summed E-state index contributed by atoms with van der Waals surface area (Å²) in [7, 11) is 0. The van der Waals surface area contributed by atoms with Crippen molar-refractivity contribution in [2.24, 2.45) is 5.92 Å². The summed E-state index contributed by atoms with van der Waals surface area (Å²) >= 11 is 0. The smallest absolute Gasteiger partial charge is 0.242 e. The maximum Gasteiger partial charge on any atom is 0.242 e. The molecule has 118 valence electrons. The Morgan fingerprint density at radius 1 is 1.23 bits per heavy atom. The van der Waals surface area contributed by atoms with Gasteiger partial charge in [0.25, 0.3) is 0 Å². The fourth-order valence-corrected chi connectivity index (χ4v) is 3.03. The summed E-state index contributed by atoms with van der Waals surface area (Å²) < 4.78 is 5.26. The first-order chi connectivity index (χ1) is 10.7. The van der Waals surface area contributed by atoms with Gasteiger partial charge >= 0.3 is 0 Å². The Balaban J connectivity index is 1.49. The lowest BCUT2D eigenvalue weighted by molar-refractivity contribution is -0.147. The zero-order chi connectivity index (χ0) is 15.4. The lowest BCUT2D eigenvalue weighted by Gasteiger charge is -2.35. The Morgan fingerprint density at radius 3 is 2.73 bits per heavy atom. The van der Waals surface area contributed by atoms with E-state index in [1.807, 2.05) is 23.1 Å². The van der Waals surface area contributed by atoms with E-state index in [0.717, 1.165) is 19.4 Å². The Hall–Kier alpha value is -1.88. The Bertz CT molecular complexity index is 526. The predicted molar refractivity (Wildman–Crippen MR) is 82.2 cm³/mol. The van der Waals surface area contributed by atoms with Crippen molar-refractivity contribution in [2.45, 2.75) is 12.8 Å². The van der Waals surface area contributed by atoms with Crippen LogP contribution in [0.15, 0.2) is 30.3 Å². The topological polar surface area (TPSA) is 49.9 Å². The minimum absolute atomic E-state index is 0.0504. The van der Waals surface area contributed by atoms with Crippen molar-refractivity contribution >= 4 is 11.8 Å². The molecule has 1 unspecified atom stereocenters. The van der Waals surface area contributed by atoms with Gasteiger partial charge in [0.2, 0.25) is 11.8 Å². The number of hydrogen-bond donors (Lipinski definition) is 0. The van der Waals surface area contributed by atoms with Crippen LogP contribution in [-0.4, -0.2) is 61.0 Å². The number of piperazine rings is 1. The van der Waals surface area contributed by atoms with Gasteiger partial charge in [0.05, 0.1) is 19.1 Å². The summed E-state index contributed by atoms with van der Waals surface area (Å²) in [4.78, 5) is 28.1. The molecule has 2 aliphatic rings. The fraction of sp³-hybridized carbons (Fsp3) is 0.529. The van der Waals surface area contributed by atoms with E-state index in [2.05, 4.69) is 12.1 Å². The van der Waals surface area contributed by atoms with Crippen LogP contribution in [0.3, 0.4) is 0 Å². The highest BCUT2D eigenvalue weighted by molar-refractivity contribution is 5.87. The van der Waals surface area contributed by atoms with Crippen LogP contribution in [0.25, 0.3) is 0 Å². The number of nitrogens with zero attached hydrogens (tertiary/aromatic N) is 2. The largest absolute Gasteiger partial charge is 0.381 e. The molecule has 0 radical (unpaired) electrons. The number of hydrogen-bond acceptors (Lipinski definition) is 3. The molecule has 1 atom stereocenters. The normalized spacial score (nSPS) is 22.2. The van der Waals surface area contributed by atoms with Gasteiger partial charge in [-0.25, -0.2) is 0 Å². The molecule has 0 saturated carbocycles. The third-order valence-corrected chi connectivity index (χ3v) is 4.42. The molecular weight excluding hydrogens is 280 g/mol. The molecule has 2 amide bonds. The summed E-state index contributed by atoms with van der Waals surface area (Å²) in [6.07, 6.45) is 1.64. The van der Waals surface area contributed by atoms with Crippen LogP contribution in [-0.2, 0) is 20.7 Å². The van der Waals surface area contributed by atoms with Crippen molar-refractivity contribution in [1.82, 2.24) is 9.80 Å². The van der Waals surface area contributed by atoms with Crippen molar-refractivity contribution in [3.63, 3.8) is 0 Å². The molecule has 2 saturated heterocycles. The molecule has 5 heteroatoms. The Kier molecular flexibility index (Phi) is 4.73. The maximum atomic E-state index is 12.3. The molecule has 0 N–H and O–H groups in total. The van der Waals surface area contributed by atoms with Gasteiger partial charge in [-0.1, -0.05) is 30.3 Å². The van der Waals surface area contributed by atoms with Gasteiger partial charge in [-0.2, -0.15) is 0 Å². The highest BCUT2D eigenvalue weighted by Crippen LogP contribution is 2.17. The minimum Gasteiger partial charge on any atom is -0.381 e. The third-order valence-electron chi connectivity index (χ3n) is 4.42. The number of benzene rings is 1. The van der Waals surface area contributed by atoms with E-state index < -0.39 is 0 Å². The summed E-state index contributed by atoms with van der Waals surface area (Å²) in [6.45, 7) is 3.35. The lowest BCUT2D eigenvalue weighted by Crippen LogP contribution is -2.53. The Labute approximate surface area is 130 Å². The van der Waals surface area contributed by atoms with Crippen LogP contribution >= 0.6 is 0 Å². The molecule has 0 aliphatic carbocycles. The Morgan fingerprint density at radius 2 is 2.05 bits per heavy atom. The predicted octanol–water partition coefficient (Wildman–Crippen LogP) is 0.936. The summed E-state index contributed by atoms with van der Waals surface area (Å²) in [6, 6.07) is 10.2. The molecule has 5 nitrogen and oxygen atoms in total. The van der Waals surface area contributed by atoms with Gasteiger partial charge in [-0.05, 0) is 18.4 Å². The first-order valence-electron chi connectivity index (χ1n) is 7.92. The standard InChI is InChI=1S/C17H22N2O3/c20-16-12-19(17(21)15-7-11-22-13-15)10-9-18(16)8-6-14-4-2-1-3-5-14/h1-5,15H,6-13H2. The summed E-state index contributed by atoms with van der Waals surface area (Å²) in [5, 5.41) is 0. The molecule has 2 heterocycles. The van der Waals surface area contributed by atoms with Gasteiger partial charge in [-0.3, -0.25) is 9.59 Å². The van der Waals surface area contributed by atoms with Crippen molar-refractivity contribution in [3.8, 4) is 0 Å². The number of ether oxygens (including phenoxy) is 1. The minimum atomic E-state index is -0.0522. The van der Waals surface area contributed by atoms with Gasteiger partial charge < -0.3 is 14.5 Å². The zero-order valence-electron chi connectivity index (χ0n) is 12.7. The molecule has 22 heavy (non-hydrogen) atoms. The van der Waals surface area contributed by atoms with Gasteiger partial charge in [-0.15, -0.1) is 0 Å². The number of rotatable bonds is 4. The molecule has 2 fully saturated rings. The molecular formula is C17H22N2O3. The molecule has 0 bridgehead atoms. The zero-order valence-corrected chi connectivity index (χ0v) is 12.7. The van der Waals surface area contributed by atoms with Crippen LogP contribution in [0.2, 0.25) is 0 Å². The van der Waals surface area contributed by atoms with E-state index in [0.29, 0.717) is 26.3 Å². The van der Waals surface area contributed by atoms with Crippen molar-refractivity contribution in [3.05, 3.63) is 35.9 Å². The van der Waals surface area contributed by atoms with Crippen molar-refractivity contribution in [2.75, 3.05) is 39.4 Å². The van der Waals surface area contributed by atoms with E-state index in [1.54, 1.807) is 4.90 Å². The second kappa shape index (κ2) is 6.92. The second-order valence-electron chi connectivity index (χ2n) is 5.94. The molecule has 0 spiro atoms. The quantitative estimate of drug-likeness (QED) is 0.831. The van der Waals surface area contributed by atoms with Crippen LogP contribution < -0.4 is 0 Å². The van der Waals surface area contributed by atoms with Crippen molar-refractivity contribution < 1.29 is 14.3 Å². The van der Waals surface area contributed by atoms with Crippen LogP contribution in [0.5, 0.6) is 0 Å². The lowest BCUT2D eigenvalue weighted by atomic mass is 10.1. The molecule has 1 aromatic carbocycles. The van der Waals surface area contributed by atoms with Crippen LogP contribution in [0, 0.1) is 5.92 Å². The van der Waals surface area contributed by atoms with Crippen LogP contribution in [0.4, 0.5) is 0 Å². The van der Waals surface area contributed by atoms with Gasteiger partial charge in [0, 0.05) is 26.2 Å². The fourth-order valence-electron chi connectivity index (χ4n) is 3.03. The number of amides is 2. The molecule has 2 aliphatic heterocycles. The molecule has 1 aromatic rings. The van der Waals surface area contributed by atoms with E-state index >= 15 is 0 Å². The summed E-state index contributed by atoms with van der Waals surface area (Å²) in [5.41, 5.74) is 1.23. The highest BCUT2D eigenvalue weighted by atomic mass is 16.5. The first kappa shape index (κ1) is 15.0. The van der Waals surface area contributed by atoms with Crippen molar-refractivity contribution in [1.29, 1.82) is 0 Å². The van der Waals surface area contributed by atoms with E-state index in [-0.39, 0.29) is 24.3 Å². The van der Waals surface area contributed by atoms with E-state index in [9.17, 15) is 9.59 Å². The average molecular weight is 302 g/mol. The first-order valence-corrected chi connectivity index (χ1v) is 7.92. The monoisotopic (exact) mass is 302 g/mol. The number of carbonyl (C=O) groups excluding carboxylic acids is 2. The average Bonchev–Trinajstić information content (AvgIpc) is 3.08. The van der Waals surface area contributed by atoms with E-state index in [1.165, 1.54) is 5.56 Å². The van der Waals surface area contributed by atoms with E-state index in [4.69, 9.17) is 4.74 Å². The van der Waals surface area contributed by atoms with Gasteiger partial charge in [0.1, 0.15) is 0 Å². The molecule has 0 aromatic heterocycles. The second-order valence-corrected chi connectivity index (χ2v) is 5.94. The van der Waals surface area contributed by atoms with Gasteiger partial charge in [0.15, 0.2) is 0 Å². The summed E-state index contributed by atoms with van der Waals surface area (Å²) in [5.74, 6) is 0.0756. The number of carbonyl (C=O) groups is 2.